The van der Waals surface area contributed by atoms with Gasteiger partial charge in [0.25, 0.3) is 0 Å². The van der Waals surface area contributed by atoms with Gasteiger partial charge in [-0.15, -0.1) is 0 Å². The lowest BCUT2D eigenvalue weighted by atomic mass is 10.2. The van der Waals surface area contributed by atoms with Gasteiger partial charge in [-0.2, -0.15) is 0 Å². The minimum absolute atomic E-state index is 0.00136. The number of ether oxygens (including phenoxy) is 1. The molecule has 0 aromatic heterocycles. The first-order valence-corrected chi connectivity index (χ1v) is 5.81. The molecule has 1 saturated heterocycles. The molecule has 0 aromatic rings. The Kier molecular flexibility index (Phi) is 5.08. The van der Waals surface area contributed by atoms with E-state index in [-0.39, 0.29) is 32.4 Å². The zero-order valence-corrected chi connectivity index (χ0v) is 10.2. The van der Waals surface area contributed by atoms with Crippen LogP contribution in [0.3, 0.4) is 0 Å². The van der Waals surface area contributed by atoms with Crippen LogP contribution in [0.5, 0.6) is 0 Å². The second kappa shape index (κ2) is 6.34. The number of nitrogens with zero attached hydrogens (tertiary/aromatic N) is 1. The Bertz CT molecular complexity index is 342. The average Bonchev–Trinajstić information content (AvgIpc) is 2.69. The van der Waals surface area contributed by atoms with Gasteiger partial charge in [0.1, 0.15) is 6.04 Å². The molecule has 1 amide bonds. The summed E-state index contributed by atoms with van der Waals surface area (Å²) < 4.78 is 4.67. The van der Waals surface area contributed by atoms with Crippen LogP contribution in [0.2, 0.25) is 0 Å². The molecule has 7 nitrogen and oxygen atoms in total. The first kappa shape index (κ1) is 14.4. The number of amides is 1. The van der Waals surface area contributed by atoms with Gasteiger partial charge >= 0.3 is 11.9 Å². The van der Waals surface area contributed by atoms with Gasteiger partial charge in [-0.3, -0.25) is 9.59 Å². The Morgan fingerprint density at radius 1 is 1.33 bits per heavy atom. The van der Waals surface area contributed by atoms with Gasteiger partial charge in [-0.1, -0.05) is 0 Å². The normalized spacial score (nSPS) is 22.9. The molecule has 0 unspecified atom stereocenters. The van der Waals surface area contributed by atoms with Gasteiger partial charge in [-0.05, 0) is 6.92 Å². The molecule has 2 N–H and O–H groups in total. The SMILES string of the molecule is CCOC(=O)CCC(=O)N1C[C@@H](O)C[C@H]1C(=O)O. The van der Waals surface area contributed by atoms with Crippen LogP contribution in [0.15, 0.2) is 0 Å². The number of likely N-dealkylation sites (tertiary alicyclic amines) is 1. The minimum atomic E-state index is -1.14. The summed E-state index contributed by atoms with van der Waals surface area (Å²) in [5, 5.41) is 18.3. The monoisotopic (exact) mass is 259 g/mol. The van der Waals surface area contributed by atoms with Crippen LogP contribution in [0, 0.1) is 0 Å². The number of carbonyl (C=O) groups is 3. The zero-order valence-electron chi connectivity index (χ0n) is 10.2. The molecule has 0 bridgehead atoms. The third-order valence-electron chi connectivity index (χ3n) is 2.73. The number of β-amino-alcohol motifs (C(OH)–C–C–N with tert-alkyl or cyclic N) is 1. The molecule has 1 heterocycles. The van der Waals surface area contributed by atoms with Gasteiger partial charge in [-0.25, -0.2) is 4.79 Å². The third-order valence-corrected chi connectivity index (χ3v) is 2.73. The van der Waals surface area contributed by atoms with Crippen LogP contribution in [-0.2, 0) is 19.1 Å². The fraction of sp³-hybridized carbons (Fsp3) is 0.727. The van der Waals surface area contributed by atoms with Crippen molar-refractivity contribution in [2.45, 2.75) is 38.3 Å². The minimum Gasteiger partial charge on any atom is -0.480 e. The van der Waals surface area contributed by atoms with Gasteiger partial charge in [0.2, 0.25) is 5.91 Å². The highest BCUT2D eigenvalue weighted by Crippen LogP contribution is 2.19. The fourth-order valence-corrected chi connectivity index (χ4v) is 1.91. The number of aliphatic carboxylic acids is 1. The van der Waals surface area contributed by atoms with E-state index in [4.69, 9.17) is 5.11 Å². The van der Waals surface area contributed by atoms with E-state index in [0.29, 0.717) is 0 Å². The first-order valence-electron chi connectivity index (χ1n) is 5.81. The van der Waals surface area contributed by atoms with Gasteiger partial charge in [0, 0.05) is 19.4 Å². The summed E-state index contributed by atoms with van der Waals surface area (Å²) in [7, 11) is 0. The van der Waals surface area contributed by atoms with E-state index in [9.17, 15) is 19.5 Å². The van der Waals surface area contributed by atoms with E-state index in [1.807, 2.05) is 0 Å². The standard InChI is InChI=1S/C11H17NO6/c1-2-18-10(15)4-3-9(14)12-6-7(13)5-8(12)11(16)17/h7-8,13H,2-6H2,1H3,(H,16,17)/t7-,8-/m0/s1. The molecule has 0 aliphatic carbocycles. The summed E-state index contributed by atoms with van der Waals surface area (Å²) in [6, 6.07) is -1.00. The van der Waals surface area contributed by atoms with Crippen LogP contribution >= 0.6 is 0 Å². The molecular weight excluding hydrogens is 242 g/mol. The summed E-state index contributed by atoms with van der Waals surface area (Å²) in [6.45, 7) is 1.91. The molecule has 0 radical (unpaired) electrons. The summed E-state index contributed by atoms with van der Waals surface area (Å²) in [5.74, 6) is -2.08. The number of hydrogen-bond acceptors (Lipinski definition) is 5. The Morgan fingerprint density at radius 3 is 2.56 bits per heavy atom. The van der Waals surface area contributed by atoms with Crippen LogP contribution in [-0.4, -0.2) is 58.3 Å². The average molecular weight is 259 g/mol. The molecule has 2 atom stereocenters. The van der Waals surface area contributed by atoms with Crippen molar-refractivity contribution in [2.75, 3.05) is 13.2 Å². The highest BCUT2D eigenvalue weighted by Gasteiger charge is 2.38. The number of carboxylic acids is 1. The van der Waals surface area contributed by atoms with Gasteiger partial charge < -0.3 is 19.8 Å². The molecule has 1 fully saturated rings. The number of esters is 1. The Labute approximate surface area is 104 Å². The van der Waals surface area contributed by atoms with Crippen molar-refractivity contribution in [3.63, 3.8) is 0 Å². The number of carboxylic acid groups (broad SMARTS) is 1. The van der Waals surface area contributed by atoms with Crippen LogP contribution in [0.4, 0.5) is 0 Å². The maximum absolute atomic E-state index is 11.8. The summed E-state index contributed by atoms with van der Waals surface area (Å²) >= 11 is 0. The van der Waals surface area contributed by atoms with Crippen molar-refractivity contribution < 1.29 is 29.3 Å². The van der Waals surface area contributed by atoms with Gasteiger partial charge in [0.05, 0.1) is 19.1 Å². The second-order valence-corrected chi connectivity index (χ2v) is 4.09. The van der Waals surface area contributed by atoms with E-state index in [0.717, 1.165) is 4.90 Å². The van der Waals surface area contributed by atoms with E-state index < -0.39 is 30.0 Å². The van der Waals surface area contributed by atoms with Crippen molar-refractivity contribution in [1.82, 2.24) is 4.90 Å². The quantitative estimate of drug-likeness (QED) is 0.637. The largest absolute Gasteiger partial charge is 0.480 e. The smallest absolute Gasteiger partial charge is 0.326 e. The van der Waals surface area contributed by atoms with E-state index >= 15 is 0 Å². The van der Waals surface area contributed by atoms with Crippen molar-refractivity contribution in [2.24, 2.45) is 0 Å². The van der Waals surface area contributed by atoms with Crippen molar-refractivity contribution in [1.29, 1.82) is 0 Å². The lowest BCUT2D eigenvalue weighted by Crippen LogP contribution is -2.40. The zero-order chi connectivity index (χ0) is 13.7. The van der Waals surface area contributed by atoms with E-state index in [1.54, 1.807) is 6.92 Å². The van der Waals surface area contributed by atoms with Crippen LogP contribution in [0.1, 0.15) is 26.2 Å². The number of hydrogen-bond donors (Lipinski definition) is 2. The van der Waals surface area contributed by atoms with E-state index in [2.05, 4.69) is 4.74 Å². The van der Waals surface area contributed by atoms with Crippen LogP contribution < -0.4 is 0 Å². The highest BCUT2D eigenvalue weighted by atomic mass is 16.5. The third kappa shape index (κ3) is 3.69. The first-order chi connectivity index (χ1) is 8.45. The number of aliphatic hydroxyl groups is 1. The topological polar surface area (TPSA) is 104 Å². The maximum Gasteiger partial charge on any atom is 0.326 e. The molecule has 7 heteroatoms. The van der Waals surface area contributed by atoms with E-state index in [1.165, 1.54) is 0 Å². The molecule has 0 aromatic carbocycles. The predicted molar refractivity (Wildman–Crippen MR) is 59.6 cm³/mol. The van der Waals surface area contributed by atoms with Crippen LogP contribution in [0.25, 0.3) is 0 Å². The fourth-order valence-electron chi connectivity index (χ4n) is 1.91. The molecular formula is C11H17NO6. The predicted octanol–water partition coefficient (Wildman–Crippen LogP) is -0.624. The number of carbonyl (C=O) groups excluding carboxylic acids is 2. The summed E-state index contributed by atoms with van der Waals surface area (Å²) in [5.41, 5.74) is 0. The van der Waals surface area contributed by atoms with Crippen molar-refractivity contribution in [3.05, 3.63) is 0 Å². The molecule has 1 rings (SSSR count). The molecule has 18 heavy (non-hydrogen) atoms. The number of rotatable bonds is 5. The Hall–Kier alpha value is -1.63. The Balaban J connectivity index is 2.50. The molecule has 0 saturated carbocycles. The highest BCUT2D eigenvalue weighted by molar-refractivity contribution is 5.86. The molecule has 0 spiro atoms. The molecule has 1 aliphatic rings. The summed E-state index contributed by atoms with van der Waals surface area (Å²) in [6.07, 6.45) is -0.973. The lowest BCUT2D eigenvalue weighted by Gasteiger charge is -2.20. The summed E-state index contributed by atoms with van der Waals surface area (Å²) in [4.78, 5) is 34.9. The van der Waals surface area contributed by atoms with Crippen molar-refractivity contribution in [3.8, 4) is 0 Å². The Morgan fingerprint density at radius 2 is 2.00 bits per heavy atom. The second-order valence-electron chi connectivity index (χ2n) is 4.09. The number of aliphatic hydroxyl groups excluding tert-OH is 1. The van der Waals surface area contributed by atoms with Crippen molar-refractivity contribution >= 4 is 17.8 Å². The van der Waals surface area contributed by atoms with Gasteiger partial charge in [0.15, 0.2) is 0 Å². The maximum atomic E-state index is 11.8. The lowest BCUT2D eigenvalue weighted by molar-refractivity contribution is -0.149. The molecule has 1 aliphatic heterocycles. The molecule has 102 valence electrons.